The number of nitrogens with zero attached hydrogens (tertiary/aromatic N) is 1. The number of phosphoric ester groups is 2. The first-order chi connectivity index (χ1) is 18.2. The second-order valence-corrected chi connectivity index (χ2v) is 17.8. The fourth-order valence-corrected chi connectivity index (χ4v) is 7.88. The lowest BCUT2D eigenvalue weighted by atomic mass is 10.2. The maximum atomic E-state index is 13.9. The average Bonchev–Trinajstić information content (AvgIpc) is 3.04. The number of ether oxygens (including phenoxy) is 1. The summed E-state index contributed by atoms with van der Waals surface area (Å²) in [7, 11) is -8.40. The summed E-state index contributed by atoms with van der Waals surface area (Å²) in [4.78, 5) is 26.8. The molecule has 0 radical (unpaired) electrons. The number of hydrogen-bond donors (Lipinski definition) is 1. The smallest absolute Gasteiger partial charge is 0.349 e. The van der Waals surface area contributed by atoms with Crippen molar-refractivity contribution in [2.24, 2.45) is 0 Å². The molecule has 1 N–H and O–H groups in total. The SMILES string of the molecule is CC(C)(C)OP(=O)(OC[C@H]1O[C@@H](n2cc(I)c(=O)[nH]c2=O)C[C@@H]1OP(=O)(OC(C)(C)C)OC(C)(C)C)OC(C)(C)C. The summed E-state index contributed by atoms with van der Waals surface area (Å²) < 4.78 is 70.0. The summed E-state index contributed by atoms with van der Waals surface area (Å²) in [5, 5.41) is 0. The number of nitrogens with one attached hydrogen (secondary N) is 1. The van der Waals surface area contributed by atoms with Crippen LogP contribution in [0.5, 0.6) is 0 Å². The fraction of sp³-hybridized carbons (Fsp3) is 0.840. The normalized spacial score (nSPS) is 21.4. The molecule has 0 aromatic carbocycles. The van der Waals surface area contributed by atoms with E-state index in [2.05, 4.69) is 4.98 Å². The lowest BCUT2D eigenvalue weighted by Crippen LogP contribution is -2.34. The van der Waals surface area contributed by atoms with Gasteiger partial charge in [-0.3, -0.25) is 41.5 Å². The molecular weight excluding hydrogens is 693 g/mol. The summed E-state index contributed by atoms with van der Waals surface area (Å²) in [6.45, 7) is 20.1. The van der Waals surface area contributed by atoms with Gasteiger partial charge in [0.1, 0.15) is 18.4 Å². The van der Waals surface area contributed by atoms with Crippen LogP contribution in [0.1, 0.15) is 95.7 Å². The van der Waals surface area contributed by atoms with E-state index in [0.29, 0.717) is 0 Å². The van der Waals surface area contributed by atoms with Crippen molar-refractivity contribution in [1.82, 2.24) is 9.55 Å². The molecule has 41 heavy (non-hydrogen) atoms. The Morgan fingerprint density at radius 3 is 1.73 bits per heavy atom. The van der Waals surface area contributed by atoms with Gasteiger partial charge in [0.2, 0.25) is 0 Å². The first-order valence-corrected chi connectivity index (χ1v) is 17.2. The van der Waals surface area contributed by atoms with E-state index in [0.717, 1.165) is 0 Å². The third-order valence-corrected chi connectivity index (χ3v) is 9.47. The van der Waals surface area contributed by atoms with Gasteiger partial charge in [-0.25, -0.2) is 13.9 Å². The van der Waals surface area contributed by atoms with Crippen molar-refractivity contribution in [1.29, 1.82) is 0 Å². The molecule has 1 aromatic heterocycles. The Morgan fingerprint density at radius 1 is 0.854 bits per heavy atom. The van der Waals surface area contributed by atoms with Gasteiger partial charge in [0.05, 0.1) is 32.6 Å². The monoisotopic (exact) mass is 738 g/mol. The number of halogens is 1. The van der Waals surface area contributed by atoms with Crippen LogP contribution in [0.4, 0.5) is 0 Å². The molecule has 2 rings (SSSR count). The highest BCUT2D eigenvalue weighted by atomic mass is 127. The molecule has 1 aromatic rings. The van der Waals surface area contributed by atoms with E-state index in [1.54, 1.807) is 106 Å². The van der Waals surface area contributed by atoms with E-state index in [-0.39, 0.29) is 16.6 Å². The molecule has 0 aliphatic carbocycles. The lowest BCUT2D eigenvalue weighted by Gasteiger charge is -2.34. The average molecular weight is 738 g/mol. The predicted octanol–water partition coefficient (Wildman–Crippen LogP) is 6.31. The number of phosphoric acid groups is 2. The second-order valence-electron chi connectivity index (χ2n) is 13.7. The number of aromatic nitrogens is 2. The van der Waals surface area contributed by atoms with E-state index in [9.17, 15) is 18.7 Å². The highest BCUT2D eigenvalue weighted by molar-refractivity contribution is 14.1. The summed E-state index contributed by atoms with van der Waals surface area (Å²) >= 11 is 1.80. The molecule has 0 bridgehead atoms. The van der Waals surface area contributed by atoms with Gasteiger partial charge in [-0.2, -0.15) is 0 Å². The topological polar surface area (TPSA) is 154 Å². The minimum absolute atomic E-state index is 0.00832. The fourth-order valence-electron chi connectivity index (χ4n) is 3.61. The molecule has 0 amide bonds. The maximum Gasteiger partial charge on any atom is 0.476 e. The zero-order chi connectivity index (χ0) is 31.8. The Bertz CT molecular complexity index is 1230. The van der Waals surface area contributed by atoms with Gasteiger partial charge in [0.25, 0.3) is 5.56 Å². The van der Waals surface area contributed by atoms with Gasteiger partial charge in [-0.15, -0.1) is 0 Å². The van der Waals surface area contributed by atoms with E-state index in [1.807, 2.05) is 0 Å². The van der Waals surface area contributed by atoms with Crippen LogP contribution in [0.2, 0.25) is 0 Å². The highest BCUT2D eigenvalue weighted by Crippen LogP contribution is 2.59. The highest BCUT2D eigenvalue weighted by Gasteiger charge is 2.48. The maximum absolute atomic E-state index is 13.9. The number of hydrogen-bond acceptors (Lipinski definition) is 11. The van der Waals surface area contributed by atoms with Gasteiger partial charge in [0.15, 0.2) is 0 Å². The van der Waals surface area contributed by atoms with Crippen LogP contribution in [-0.4, -0.2) is 50.8 Å². The molecule has 1 saturated heterocycles. The zero-order valence-corrected chi connectivity index (χ0v) is 29.9. The number of H-pyrrole nitrogens is 1. The van der Waals surface area contributed by atoms with Crippen molar-refractivity contribution >= 4 is 38.2 Å². The van der Waals surface area contributed by atoms with Gasteiger partial charge < -0.3 is 4.74 Å². The zero-order valence-electron chi connectivity index (χ0n) is 25.9. The molecule has 2 heterocycles. The largest absolute Gasteiger partial charge is 0.476 e. The van der Waals surface area contributed by atoms with E-state index < -0.39 is 67.7 Å². The molecule has 238 valence electrons. The minimum atomic E-state index is -4.24. The van der Waals surface area contributed by atoms with Gasteiger partial charge >= 0.3 is 21.3 Å². The van der Waals surface area contributed by atoms with E-state index >= 15 is 0 Å². The molecule has 1 aliphatic rings. The Morgan fingerprint density at radius 2 is 1.29 bits per heavy atom. The minimum Gasteiger partial charge on any atom is -0.349 e. The molecule has 3 atom stereocenters. The summed E-state index contributed by atoms with van der Waals surface area (Å²) in [5.41, 5.74) is -4.83. The predicted molar refractivity (Wildman–Crippen MR) is 162 cm³/mol. The third-order valence-electron chi connectivity index (χ3n) is 4.62. The first-order valence-electron chi connectivity index (χ1n) is 13.2. The van der Waals surface area contributed by atoms with Gasteiger partial charge in [0, 0.05) is 12.6 Å². The van der Waals surface area contributed by atoms with Crippen LogP contribution in [-0.2, 0) is 41.0 Å². The van der Waals surface area contributed by atoms with Gasteiger partial charge in [-0.1, -0.05) is 0 Å². The van der Waals surface area contributed by atoms with Crippen molar-refractivity contribution in [3.63, 3.8) is 0 Å². The van der Waals surface area contributed by atoms with Crippen molar-refractivity contribution < 1.29 is 41.0 Å². The van der Waals surface area contributed by atoms with Crippen LogP contribution >= 0.6 is 38.2 Å². The summed E-state index contributed by atoms with van der Waals surface area (Å²) in [6.07, 6.45) is -1.68. The quantitative estimate of drug-likeness (QED) is 0.212. The Hall–Kier alpha value is -0.410. The molecule has 1 aliphatic heterocycles. The van der Waals surface area contributed by atoms with Crippen molar-refractivity contribution in [2.45, 2.75) is 130 Å². The van der Waals surface area contributed by atoms with Crippen LogP contribution in [0.15, 0.2) is 15.8 Å². The lowest BCUT2D eigenvalue weighted by molar-refractivity contribution is -0.0664. The van der Waals surface area contributed by atoms with Crippen LogP contribution in [0, 0.1) is 3.57 Å². The molecule has 13 nitrogen and oxygen atoms in total. The third kappa shape index (κ3) is 12.6. The van der Waals surface area contributed by atoms with Crippen molar-refractivity contribution in [2.75, 3.05) is 6.61 Å². The standard InChI is InChI=1S/C25H45IN2O11P2/c1-22(2,3)36-40(31,37-23(4,5)6)33-15-18-17(35-41(32,38-24(7,8)9)39-25(10,11)12)13-19(34-18)28-14-16(26)20(29)27-21(28)30/h14,17-19H,13,15H2,1-12H3,(H,27,29,30)/t17-,18+,19+/m0/s1. The molecule has 16 heteroatoms. The summed E-state index contributed by atoms with van der Waals surface area (Å²) in [5.74, 6) is 0. The van der Waals surface area contributed by atoms with Crippen LogP contribution in [0.3, 0.4) is 0 Å². The van der Waals surface area contributed by atoms with Crippen LogP contribution < -0.4 is 11.2 Å². The second kappa shape index (κ2) is 12.9. The Labute approximate surface area is 255 Å². The van der Waals surface area contributed by atoms with Gasteiger partial charge in [-0.05, 0) is 106 Å². The van der Waals surface area contributed by atoms with E-state index in [4.69, 9.17) is 31.9 Å². The molecule has 0 saturated carbocycles. The molecular formula is C25H45IN2O11P2. The van der Waals surface area contributed by atoms with Crippen molar-refractivity contribution in [3.05, 3.63) is 30.6 Å². The van der Waals surface area contributed by atoms with Crippen LogP contribution in [0.25, 0.3) is 0 Å². The number of aromatic amines is 1. The molecule has 0 spiro atoms. The molecule has 0 unspecified atom stereocenters. The first kappa shape index (κ1) is 36.8. The Kier molecular flexibility index (Phi) is 11.6. The summed E-state index contributed by atoms with van der Waals surface area (Å²) in [6, 6.07) is 0. The molecule has 1 fully saturated rings. The Balaban J connectivity index is 2.49. The number of rotatable bonds is 10. The van der Waals surface area contributed by atoms with E-state index in [1.165, 1.54) is 10.8 Å². The van der Waals surface area contributed by atoms with Crippen molar-refractivity contribution in [3.8, 4) is 0 Å².